The summed E-state index contributed by atoms with van der Waals surface area (Å²) in [7, 11) is 0. The fourth-order valence-corrected chi connectivity index (χ4v) is 4.97. The number of rotatable bonds is 4. The first-order valence-corrected chi connectivity index (χ1v) is 10.1. The maximum Gasteiger partial charge on any atom is 0.319 e. The van der Waals surface area contributed by atoms with Gasteiger partial charge in [0.1, 0.15) is 6.04 Å². The predicted molar refractivity (Wildman–Crippen MR) is 104 cm³/mol. The fourth-order valence-electron chi connectivity index (χ4n) is 4.97. The zero-order valence-corrected chi connectivity index (χ0v) is 15.6. The van der Waals surface area contributed by atoms with E-state index in [0.29, 0.717) is 0 Å². The number of likely N-dealkylation sites (tertiary alicyclic amines) is 1. The lowest BCUT2D eigenvalue weighted by atomic mass is 9.73. The van der Waals surface area contributed by atoms with Crippen molar-refractivity contribution in [3.05, 3.63) is 41.5 Å². The van der Waals surface area contributed by atoms with E-state index in [1.54, 1.807) is 4.90 Å². The molecular formula is C22H27N3O2. The van der Waals surface area contributed by atoms with Crippen molar-refractivity contribution in [3.8, 4) is 6.07 Å². The average Bonchev–Trinajstić information content (AvgIpc) is 3.36. The summed E-state index contributed by atoms with van der Waals surface area (Å²) in [5, 5.41) is 22.9. The van der Waals surface area contributed by atoms with Gasteiger partial charge in [-0.25, -0.2) is 4.79 Å². The van der Waals surface area contributed by atoms with Crippen LogP contribution in [0.3, 0.4) is 0 Å². The largest absolute Gasteiger partial charge is 0.394 e. The summed E-state index contributed by atoms with van der Waals surface area (Å²) < 4.78 is 0. The smallest absolute Gasteiger partial charge is 0.319 e. The van der Waals surface area contributed by atoms with Crippen molar-refractivity contribution in [2.24, 2.45) is 0 Å². The molecule has 0 bridgehead atoms. The highest BCUT2D eigenvalue weighted by atomic mass is 16.3. The minimum absolute atomic E-state index is 0.131. The SMILES string of the molecule is N#C[C@H]1[C@H](c2ccccc2C2=CCCC2)[C@@H](CO)N1C(=O)NC1CCCC1. The quantitative estimate of drug-likeness (QED) is 0.856. The molecule has 27 heavy (non-hydrogen) atoms. The molecule has 2 amide bonds. The number of amides is 2. The molecule has 1 aromatic carbocycles. The Morgan fingerprint density at radius 2 is 2.04 bits per heavy atom. The van der Waals surface area contributed by atoms with Crippen LogP contribution in [0.5, 0.6) is 0 Å². The molecule has 1 aliphatic heterocycles. The number of nitriles is 1. The highest BCUT2D eigenvalue weighted by Gasteiger charge is 2.52. The second kappa shape index (κ2) is 7.74. The van der Waals surface area contributed by atoms with Crippen LogP contribution in [0.1, 0.15) is 62.0 Å². The molecule has 2 aliphatic carbocycles. The third-order valence-electron chi connectivity index (χ3n) is 6.36. The maximum atomic E-state index is 12.8. The molecule has 2 fully saturated rings. The number of urea groups is 1. The van der Waals surface area contributed by atoms with Gasteiger partial charge in [0.2, 0.25) is 0 Å². The summed E-state index contributed by atoms with van der Waals surface area (Å²) in [4.78, 5) is 14.3. The van der Waals surface area contributed by atoms with Crippen LogP contribution in [-0.2, 0) is 0 Å². The van der Waals surface area contributed by atoms with Crippen molar-refractivity contribution in [1.29, 1.82) is 5.26 Å². The standard InChI is InChI=1S/C22H27N3O2/c23-13-19-21(18-12-6-5-11-17(18)15-7-1-2-8-15)20(14-26)25(19)22(27)24-16-9-3-4-10-16/h5-7,11-12,16,19-21,26H,1-4,8-10,14H2,(H,24,27)/t19-,20+,21-/m0/s1. The molecule has 3 aliphatic rings. The molecule has 1 aromatic rings. The van der Waals surface area contributed by atoms with E-state index in [0.717, 1.165) is 50.5 Å². The molecule has 142 valence electrons. The summed E-state index contributed by atoms with van der Waals surface area (Å²) >= 11 is 0. The van der Waals surface area contributed by atoms with Crippen molar-refractivity contribution in [3.63, 3.8) is 0 Å². The molecule has 0 radical (unpaired) electrons. The Morgan fingerprint density at radius 1 is 1.26 bits per heavy atom. The lowest BCUT2D eigenvalue weighted by Gasteiger charge is -2.52. The second-order valence-corrected chi connectivity index (χ2v) is 7.90. The number of hydrogen-bond acceptors (Lipinski definition) is 3. The Morgan fingerprint density at radius 3 is 2.70 bits per heavy atom. The van der Waals surface area contributed by atoms with Gasteiger partial charge in [-0.1, -0.05) is 43.2 Å². The minimum atomic E-state index is -0.535. The number of hydrogen-bond donors (Lipinski definition) is 2. The summed E-state index contributed by atoms with van der Waals surface area (Å²) in [5.74, 6) is -0.146. The zero-order chi connectivity index (χ0) is 18.8. The lowest BCUT2D eigenvalue weighted by Crippen LogP contribution is -2.67. The Labute approximate surface area is 160 Å². The molecule has 4 rings (SSSR count). The van der Waals surface area contributed by atoms with Crippen LogP contribution in [0.25, 0.3) is 5.57 Å². The minimum Gasteiger partial charge on any atom is -0.394 e. The Hall–Kier alpha value is -2.32. The van der Waals surface area contributed by atoms with Crippen molar-refractivity contribution in [2.75, 3.05) is 6.61 Å². The molecule has 0 spiro atoms. The van der Waals surface area contributed by atoms with E-state index in [2.05, 4.69) is 29.6 Å². The number of allylic oxidation sites excluding steroid dienone is 2. The molecule has 1 saturated carbocycles. The number of nitrogens with zero attached hydrogens (tertiary/aromatic N) is 2. The second-order valence-electron chi connectivity index (χ2n) is 7.90. The maximum absolute atomic E-state index is 12.8. The molecular weight excluding hydrogens is 338 g/mol. The van der Waals surface area contributed by atoms with Crippen LogP contribution in [0, 0.1) is 11.3 Å². The van der Waals surface area contributed by atoms with Gasteiger partial charge < -0.3 is 15.3 Å². The molecule has 0 unspecified atom stereocenters. The molecule has 0 aromatic heterocycles. The number of benzene rings is 1. The highest BCUT2D eigenvalue weighted by molar-refractivity contribution is 5.78. The van der Waals surface area contributed by atoms with E-state index in [4.69, 9.17) is 0 Å². The summed E-state index contributed by atoms with van der Waals surface area (Å²) in [6.45, 7) is -0.131. The van der Waals surface area contributed by atoms with Crippen molar-refractivity contribution >= 4 is 11.6 Å². The average molecular weight is 365 g/mol. The number of carbonyl (C=O) groups excluding carboxylic acids is 1. The Kier molecular flexibility index (Phi) is 5.18. The first kappa shape index (κ1) is 18.1. The van der Waals surface area contributed by atoms with Crippen LogP contribution < -0.4 is 5.32 Å². The normalized spacial score (nSPS) is 27.8. The van der Waals surface area contributed by atoms with E-state index in [1.165, 1.54) is 11.1 Å². The van der Waals surface area contributed by atoms with Crippen LogP contribution >= 0.6 is 0 Å². The van der Waals surface area contributed by atoms with Crippen molar-refractivity contribution < 1.29 is 9.90 Å². The lowest BCUT2D eigenvalue weighted by molar-refractivity contribution is 0.0157. The third-order valence-corrected chi connectivity index (χ3v) is 6.36. The van der Waals surface area contributed by atoms with Gasteiger partial charge in [-0.15, -0.1) is 0 Å². The van der Waals surface area contributed by atoms with Gasteiger partial charge in [-0.2, -0.15) is 5.26 Å². The molecule has 5 heteroatoms. The van der Waals surface area contributed by atoms with Gasteiger partial charge >= 0.3 is 6.03 Å². The van der Waals surface area contributed by atoms with Crippen LogP contribution in [0.15, 0.2) is 30.3 Å². The molecule has 5 nitrogen and oxygen atoms in total. The van der Waals surface area contributed by atoms with E-state index in [9.17, 15) is 15.2 Å². The van der Waals surface area contributed by atoms with Gasteiger partial charge in [0, 0.05) is 12.0 Å². The third kappa shape index (κ3) is 3.23. The van der Waals surface area contributed by atoms with Crippen LogP contribution in [0.2, 0.25) is 0 Å². The van der Waals surface area contributed by atoms with E-state index in [1.807, 2.05) is 12.1 Å². The van der Waals surface area contributed by atoms with Crippen LogP contribution in [-0.4, -0.2) is 40.8 Å². The first-order valence-electron chi connectivity index (χ1n) is 10.1. The van der Waals surface area contributed by atoms with Crippen LogP contribution in [0.4, 0.5) is 4.79 Å². The molecule has 2 N–H and O–H groups in total. The predicted octanol–water partition coefficient (Wildman–Crippen LogP) is 3.56. The molecule has 1 saturated heterocycles. The number of carbonyl (C=O) groups is 1. The van der Waals surface area contributed by atoms with Crippen molar-refractivity contribution in [2.45, 2.75) is 69.0 Å². The Bertz CT molecular complexity index is 776. The van der Waals surface area contributed by atoms with Gasteiger partial charge in [0.05, 0.1) is 18.7 Å². The highest BCUT2D eigenvalue weighted by Crippen LogP contribution is 2.44. The molecule has 3 atom stereocenters. The van der Waals surface area contributed by atoms with Crippen molar-refractivity contribution in [1.82, 2.24) is 10.2 Å². The zero-order valence-electron chi connectivity index (χ0n) is 15.6. The summed E-state index contributed by atoms with van der Waals surface area (Å²) in [5.41, 5.74) is 3.59. The number of nitrogens with one attached hydrogen (secondary N) is 1. The number of aliphatic hydroxyl groups is 1. The van der Waals surface area contributed by atoms with Gasteiger partial charge in [0.15, 0.2) is 0 Å². The summed E-state index contributed by atoms with van der Waals surface area (Å²) in [6.07, 6.45) is 9.86. The van der Waals surface area contributed by atoms with Gasteiger partial charge in [-0.3, -0.25) is 0 Å². The van der Waals surface area contributed by atoms with E-state index in [-0.39, 0.29) is 30.6 Å². The molecule has 1 heterocycles. The van der Waals surface area contributed by atoms with E-state index >= 15 is 0 Å². The monoisotopic (exact) mass is 365 g/mol. The van der Waals surface area contributed by atoms with E-state index < -0.39 is 6.04 Å². The van der Waals surface area contributed by atoms with Gasteiger partial charge in [-0.05, 0) is 48.8 Å². The summed E-state index contributed by atoms with van der Waals surface area (Å²) in [6, 6.07) is 9.60. The van der Waals surface area contributed by atoms with Gasteiger partial charge in [0.25, 0.3) is 0 Å². The fraction of sp³-hybridized carbons (Fsp3) is 0.545. The first-order chi connectivity index (χ1) is 13.2. The Balaban J connectivity index is 1.59. The topological polar surface area (TPSA) is 76.4 Å². The number of aliphatic hydroxyl groups excluding tert-OH is 1.